The molecule has 4 rings (SSSR count). The van der Waals surface area contributed by atoms with Crippen LogP contribution in [0.4, 0.5) is 8.78 Å². The summed E-state index contributed by atoms with van der Waals surface area (Å²) in [7, 11) is 0. The maximum Gasteiger partial charge on any atom is 0.276 e. The molecule has 0 bridgehead atoms. The number of hydrogen-bond donors (Lipinski definition) is 0. The van der Waals surface area contributed by atoms with Crippen molar-refractivity contribution in [1.29, 1.82) is 0 Å². The van der Waals surface area contributed by atoms with Gasteiger partial charge in [0.25, 0.3) is 5.88 Å². The van der Waals surface area contributed by atoms with E-state index in [0.29, 0.717) is 30.2 Å². The van der Waals surface area contributed by atoms with E-state index < -0.39 is 11.6 Å². The van der Waals surface area contributed by atoms with Crippen LogP contribution in [0.5, 0.6) is 11.6 Å². The van der Waals surface area contributed by atoms with Gasteiger partial charge in [0.2, 0.25) is 0 Å². The average molecular weight is 430 g/mol. The van der Waals surface area contributed by atoms with Gasteiger partial charge in [0.05, 0.1) is 5.69 Å². The van der Waals surface area contributed by atoms with E-state index in [2.05, 4.69) is 10.2 Å². The van der Waals surface area contributed by atoms with Gasteiger partial charge < -0.3 is 9.47 Å². The molecule has 160 valence electrons. The van der Waals surface area contributed by atoms with Crippen molar-refractivity contribution in [3.63, 3.8) is 0 Å². The van der Waals surface area contributed by atoms with Gasteiger partial charge in [-0.05, 0) is 34.9 Å². The third kappa shape index (κ3) is 5.98. The van der Waals surface area contributed by atoms with Crippen molar-refractivity contribution in [1.82, 2.24) is 10.2 Å². The van der Waals surface area contributed by atoms with Gasteiger partial charge in [-0.2, -0.15) is 0 Å². The Balaban J connectivity index is 1.55. The largest absolute Gasteiger partial charge is 0.483 e. The highest BCUT2D eigenvalue weighted by molar-refractivity contribution is 5.68. The number of rotatable bonds is 8. The van der Waals surface area contributed by atoms with Gasteiger partial charge in [0.15, 0.2) is 5.75 Å². The van der Waals surface area contributed by atoms with E-state index in [-0.39, 0.29) is 5.88 Å². The second kappa shape index (κ2) is 10.3. The summed E-state index contributed by atoms with van der Waals surface area (Å²) in [6.07, 6.45) is 3.17. The molecule has 0 aliphatic heterocycles. The lowest BCUT2D eigenvalue weighted by Gasteiger charge is -2.12. The molecular formula is C26H20F2N2O2. The number of ether oxygens (including phenoxy) is 2. The maximum absolute atomic E-state index is 13.4. The summed E-state index contributed by atoms with van der Waals surface area (Å²) in [5, 5.41) is 8.29. The summed E-state index contributed by atoms with van der Waals surface area (Å²) < 4.78 is 38.6. The summed E-state index contributed by atoms with van der Waals surface area (Å²) in [5.41, 5.74) is 2.82. The van der Waals surface area contributed by atoms with E-state index in [1.807, 2.05) is 60.7 Å². The third-order valence-corrected chi connectivity index (χ3v) is 4.53. The molecule has 0 atom stereocenters. The second-order valence-electron chi connectivity index (χ2n) is 7.02. The molecule has 0 radical (unpaired) electrons. The van der Waals surface area contributed by atoms with Gasteiger partial charge in [0, 0.05) is 12.1 Å². The molecule has 0 unspecified atom stereocenters. The minimum absolute atomic E-state index is 0.263. The smallest absolute Gasteiger partial charge is 0.276 e. The molecule has 1 heterocycles. The maximum atomic E-state index is 13.4. The highest BCUT2D eigenvalue weighted by atomic mass is 19.1. The summed E-state index contributed by atoms with van der Waals surface area (Å²) in [6, 6.07) is 24.4. The topological polar surface area (TPSA) is 44.2 Å². The van der Waals surface area contributed by atoms with Crippen LogP contribution in [-0.2, 0) is 13.2 Å². The third-order valence-electron chi connectivity index (χ3n) is 4.53. The number of halogens is 2. The van der Waals surface area contributed by atoms with Crippen LogP contribution in [0.1, 0.15) is 22.4 Å². The monoisotopic (exact) mass is 430 g/mol. The number of nitrogens with zero attached hydrogens (tertiary/aromatic N) is 2. The highest BCUT2D eigenvalue weighted by Crippen LogP contribution is 2.27. The Morgan fingerprint density at radius 1 is 0.656 bits per heavy atom. The summed E-state index contributed by atoms with van der Waals surface area (Å²) in [4.78, 5) is 0. The molecule has 0 saturated heterocycles. The first-order chi connectivity index (χ1) is 15.7. The van der Waals surface area contributed by atoms with Crippen molar-refractivity contribution < 1.29 is 18.3 Å². The standard InChI is InChI=1S/C26H20F2N2O2/c27-22-13-21(14-23(28)15-22)11-12-24-16-25(31-17-19-7-3-1-4-8-19)26(30-29-24)32-18-20-9-5-2-6-10-20/h1-16H,17-18H2. The van der Waals surface area contributed by atoms with Crippen LogP contribution >= 0.6 is 0 Å². The van der Waals surface area contributed by atoms with Crippen LogP contribution in [0.2, 0.25) is 0 Å². The first-order valence-electron chi connectivity index (χ1n) is 10.0. The highest BCUT2D eigenvalue weighted by Gasteiger charge is 2.11. The predicted octanol–water partition coefficient (Wildman–Crippen LogP) is 6.08. The SMILES string of the molecule is Fc1cc(F)cc(C=Cc2cc(OCc3ccccc3)c(OCc3ccccc3)nn2)c1. The molecule has 0 amide bonds. The average Bonchev–Trinajstić information content (AvgIpc) is 2.81. The van der Waals surface area contributed by atoms with E-state index >= 15 is 0 Å². The van der Waals surface area contributed by atoms with Gasteiger partial charge >= 0.3 is 0 Å². The fourth-order valence-corrected chi connectivity index (χ4v) is 2.98. The van der Waals surface area contributed by atoms with E-state index in [0.717, 1.165) is 17.2 Å². The van der Waals surface area contributed by atoms with E-state index in [4.69, 9.17) is 9.47 Å². The number of benzene rings is 3. The minimum atomic E-state index is -0.646. The van der Waals surface area contributed by atoms with Crippen molar-refractivity contribution >= 4 is 12.2 Å². The molecule has 4 nitrogen and oxygen atoms in total. The summed E-state index contributed by atoms with van der Waals surface area (Å²) in [5.74, 6) is -0.608. The van der Waals surface area contributed by atoms with Crippen molar-refractivity contribution in [3.05, 3.63) is 119 Å². The molecule has 1 aromatic heterocycles. The Morgan fingerprint density at radius 3 is 1.88 bits per heavy atom. The van der Waals surface area contributed by atoms with Crippen LogP contribution < -0.4 is 9.47 Å². The normalized spacial score (nSPS) is 10.9. The van der Waals surface area contributed by atoms with Gasteiger partial charge in [-0.15, -0.1) is 10.2 Å². The Hall–Kier alpha value is -4.06. The molecule has 0 aliphatic carbocycles. The Kier molecular flexibility index (Phi) is 6.82. The fourth-order valence-electron chi connectivity index (χ4n) is 2.98. The zero-order valence-corrected chi connectivity index (χ0v) is 17.1. The zero-order chi connectivity index (χ0) is 22.2. The van der Waals surface area contributed by atoms with E-state index in [1.165, 1.54) is 12.1 Å². The lowest BCUT2D eigenvalue weighted by atomic mass is 10.2. The number of aromatic nitrogens is 2. The van der Waals surface area contributed by atoms with Gasteiger partial charge in [-0.1, -0.05) is 66.7 Å². The Bertz CT molecular complexity index is 1180. The van der Waals surface area contributed by atoms with Crippen LogP contribution in [0, 0.1) is 11.6 Å². The molecule has 3 aromatic carbocycles. The van der Waals surface area contributed by atoms with Crippen LogP contribution in [0.3, 0.4) is 0 Å². The first-order valence-corrected chi connectivity index (χ1v) is 10.0. The van der Waals surface area contributed by atoms with Crippen molar-refractivity contribution in [3.8, 4) is 11.6 Å². The van der Waals surface area contributed by atoms with E-state index in [9.17, 15) is 8.78 Å². The van der Waals surface area contributed by atoms with Crippen LogP contribution in [0.25, 0.3) is 12.2 Å². The van der Waals surface area contributed by atoms with Gasteiger partial charge in [0.1, 0.15) is 24.8 Å². The Morgan fingerprint density at radius 2 is 1.25 bits per heavy atom. The summed E-state index contributed by atoms with van der Waals surface area (Å²) in [6.45, 7) is 0.640. The molecule has 6 heteroatoms. The number of hydrogen-bond acceptors (Lipinski definition) is 4. The molecule has 0 fully saturated rings. The molecule has 32 heavy (non-hydrogen) atoms. The molecule has 0 aliphatic rings. The van der Waals surface area contributed by atoms with Crippen molar-refractivity contribution in [2.24, 2.45) is 0 Å². The van der Waals surface area contributed by atoms with Crippen LogP contribution in [0.15, 0.2) is 84.9 Å². The molecular weight excluding hydrogens is 410 g/mol. The molecule has 0 saturated carbocycles. The van der Waals surface area contributed by atoms with Gasteiger partial charge in [-0.25, -0.2) is 8.78 Å². The minimum Gasteiger partial charge on any atom is -0.483 e. The fraction of sp³-hybridized carbons (Fsp3) is 0.0769. The zero-order valence-electron chi connectivity index (χ0n) is 17.1. The van der Waals surface area contributed by atoms with Crippen LogP contribution in [-0.4, -0.2) is 10.2 Å². The molecule has 0 spiro atoms. The van der Waals surface area contributed by atoms with Crippen molar-refractivity contribution in [2.75, 3.05) is 0 Å². The van der Waals surface area contributed by atoms with Gasteiger partial charge in [-0.3, -0.25) is 0 Å². The Labute approximate surface area is 184 Å². The lowest BCUT2D eigenvalue weighted by molar-refractivity contribution is 0.244. The second-order valence-corrected chi connectivity index (χ2v) is 7.02. The van der Waals surface area contributed by atoms with Crippen molar-refractivity contribution in [2.45, 2.75) is 13.2 Å². The first kappa shape index (κ1) is 21.2. The van der Waals surface area contributed by atoms with E-state index in [1.54, 1.807) is 18.2 Å². The predicted molar refractivity (Wildman–Crippen MR) is 119 cm³/mol. The summed E-state index contributed by atoms with van der Waals surface area (Å²) >= 11 is 0. The molecule has 0 N–H and O–H groups in total. The molecule has 4 aromatic rings. The quantitative estimate of drug-likeness (QED) is 0.340. The lowest BCUT2D eigenvalue weighted by Crippen LogP contribution is -2.04.